The third-order valence-electron chi connectivity index (χ3n) is 2.71. The molecule has 1 fully saturated rings. The van der Waals surface area contributed by atoms with E-state index >= 15 is 0 Å². The number of terminal acetylenes is 1. The predicted molar refractivity (Wildman–Crippen MR) is 55.4 cm³/mol. The van der Waals surface area contributed by atoms with Crippen LogP contribution in [0.2, 0.25) is 0 Å². The van der Waals surface area contributed by atoms with Gasteiger partial charge in [-0.15, -0.1) is 12.3 Å². The Morgan fingerprint density at radius 3 is 2.64 bits per heavy atom. The van der Waals surface area contributed by atoms with E-state index in [1.54, 1.807) is 0 Å². The lowest BCUT2D eigenvalue weighted by molar-refractivity contribution is -0.139. The minimum atomic E-state index is -0.330. The lowest BCUT2D eigenvalue weighted by Gasteiger charge is -2.24. The lowest BCUT2D eigenvalue weighted by atomic mass is 9.83. The Balaban J connectivity index is 2.20. The largest absolute Gasteiger partial charge is 0.462 e. The summed E-state index contributed by atoms with van der Waals surface area (Å²) < 4.78 is 4.99. The van der Waals surface area contributed by atoms with Crippen molar-refractivity contribution in [3.05, 3.63) is 12.7 Å². The molecule has 0 atom stereocenters. The van der Waals surface area contributed by atoms with Crippen LogP contribution in [0.3, 0.4) is 0 Å². The molecule has 1 saturated carbocycles. The van der Waals surface area contributed by atoms with Crippen LogP contribution in [-0.2, 0) is 9.53 Å². The number of hydrogen-bond donors (Lipinski definition) is 0. The topological polar surface area (TPSA) is 26.3 Å². The third kappa shape index (κ3) is 3.26. The van der Waals surface area contributed by atoms with Crippen LogP contribution in [0, 0.1) is 24.2 Å². The van der Waals surface area contributed by atoms with Gasteiger partial charge in [0.15, 0.2) is 0 Å². The third-order valence-corrected chi connectivity index (χ3v) is 2.71. The van der Waals surface area contributed by atoms with E-state index in [1.165, 1.54) is 6.08 Å². The maximum absolute atomic E-state index is 10.8. The van der Waals surface area contributed by atoms with Crippen LogP contribution in [0.1, 0.15) is 25.7 Å². The molecule has 0 heterocycles. The molecule has 14 heavy (non-hydrogen) atoms. The van der Waals surface area contributed by atoms with Crippen molar-refractivity contribution in [2.75, 3.05) is 6.61 Å². The van der Waals surface area contributed by atoms with Crippen molar-refractivity contribution in [2.24, 2.45) is 11.8 Å². The summed E-state index contributed by atoms with van der Waals surface area (Å²) in [5.74, 6) is 3.37. The van der Waals surface area contributed by atoms with Gasteiger partial charge in [-0.25, -0.2) is 4.79 Å². The molecular formula is C12H16O2. The first-order valence-electron chi connectivity index (χ1n) is 5.01. The van der Waals surface area contributed by atoms with E-state index in [9.17, 15) is 4.79 Å². The number of carbonyl (C=O) groups is 1. The minimum Gasteiger partial charge on any atom is -0.462 e. The highest BCUT2D eigenvalue weighted by Crippen LogP contribution is 2.28. The zero-order valence-electron chi connectivity index (χ0n) is 8.37. The molecule has 0 bridgehead atoms. The zero-order valence-corrected chi connectivity index (χ0v) is 8.37. The maximum atomic E-state index is 10.8. The van der Waals surface area contributed by atoms with Gasteiger partial charge in [0.05, 0.1) is 6.61 Å². The van der Waals surface area contributed by atoms with Gasteiger partial charge in [0.2, 0.25) is 0 Å². The Morgan fingerprint density at radius 2 is 2.14 bits per heavy atom. The summed E-state index contributed by atoms with van der Waals surface area (Å²) in [6.07, 6.45) is 10.8. The van der Waals surface area contributed by atoms with Gasteiger partial charge in [-0.05, 0) is 31.6 Å². The van der Waals surface area contributed by atoms with Gasteiger partial charge in [-0.3, -0.25) is 0 Å². The molecule has 0 aliphatic heterocycles. The summed E-state index contributed by atoms with van der Waals surface area (Å²) in [7, 11) is 0. The van der Waals surface area contributed by atoms with Gasteiger partial charge in [0.1, 0.15) is 0 Å². The van der Waals surface area contributed by atoms with Crippen LogP contribution in [0.25, 0.3) is 0 Å². The summed E-state index contributed by atoms with van der Waals surface area (Å²) in [5, 5.41) is 0. The summed E-state index contributed by atoms with van der Waals surface area (Å²) in [6, 6.07) is 0. The molecule has 1 aliphatic rings. The fraction of sp³-hybridized carbons (Fsp3) is 0.583. The van der Waals surface area contributed by atoms with Gasteiger partial charge in [0, 0.05) is 12.0 Å². The molecule has 0 N–H and O–H groups in total. The molecule has 0 spiro atoms. The summed E-state index contributed by atoms with van der Waals surface area (Å²) in [4.78, 5) is 10.8. The molecule has 0 unspecified atom stereocenters. The van der Waals surface area contributed by atoms with Crippen molar-refractivity contribution >= 4 is 5.97 Å². The highest BCUT2D eigenvalue weighted by molar-refractivity contribution is 5.81. The second-order valence-electron chi connectivity index (χ2n) is 3.72. The van der Waals surface area contributed by atoms with Crippen LogP contribution in [0.4, 0.5) is 0 Å². The van der Waals surface area contributed by atoms with E-state index < -0.39 is 0 Å². The molecule has 0 aromatic carbocycles. The second-order valence-corrected chi connectivity index (χ2v) is 3.72. The van der Waals surface area contributed by atoms with Crippen molar-refractivity contribution in [3.63, 3.8) is 0 Å². The Hall–Kier alpha value is -1.23. The zero-order chi connectivity index (χ0) is 10.4. The monoisotopic (exact) mass is 192 g/mol. The molecule has 0 aromatic rings. The van der Waals surface area contributed by atoms with Gasteiger partial charge in [-0.2, -0.15) is 0 Å². The van der Waals surface area contributed by atoms with E-state index in [1.807, 2.05) is 0 Å². The number of ether oxygens (including phenoxy) is 1. The van der Waals surface area contributed by atoms with Gasteiger partial charge >= 0.3 is 5.97 Å². The highest BCUT2D eigenvalue weighted by Gasteiger charge is 2.20. The molecule has 0 radical (unpaired) electrons. The van der Waals surface area contributed by atoms with E-state index in [4.69, 9.17) is 11.2 Å². The van der Waals surface area contributed by atoms with Crippen LogP contribution >= 0.6 is 0 Å². The Kier molecular flexibility index (Phi) is 4.25. The van der Waals surface area contributed by atoms with Crippen molar-refractivity contribution in [2.45, 2.75) is 25.7 Å². The van der Waals surface area contributed by atoms with Crippen molar-refractivity contribution < 1.29 is 9.53 Å². The molecular weight excluding hydrogens is 176 g/mol. The highest BCUT2D eigenvalue weighted by atomic mass is 16.5. The van der Waals surface area contributed by atoms with Crippen LogP contribution in [0.15, 0.2) is 12.7 Å². The maximum Gasteiger partial charge on any atom is 0.330 e. The number of hydrogen-bond acceptors (Lipinski definition) is 2. The SMILES string of the molecule is C#CC1CCC(COC(=O)C=C)CC1. The Morgan fingerprint density at radius 1 is 1.50 bits per heavy atom. The molecule has 1 rings (SSSR count). The van der Waals surface area contributed by atoms with Gasteiger partial charge < -0.3 is 4.74 Å². The second kappa shape index (κ2) is 5.49. The summed E-state index contributed by atoms with van der Waals surface area (Å²) in [5.41, 5.74) is 0. The van der Waals surface area contributed by atoms with Gasteiger partial charge in [0.25, 0.3) is 0 Å². The fourth-order valence-electron chi connectivity index (χ4n) is 1.75. The predicted octanol–water partition coefficient (Wildman–Crippen LogP) is 2.16. The quantitative estimate of drug-likeness (QED) is 0.389. The molecule has 0 saturated heterocycles. The van der Waals surface area contributed by atoms with Crippen LogP contribution in [-0.4, -0.2) is 12.6 Å². The molecule has 0 aromatic heterocycles. The normalized spacial score (nSPS) is 26.2. The average molecular weight is 192 g/mol. The molecule has 76 valence electrons. The van der Waals surface area contributed by atoms with E-state index in [2.05, 4.69) is 12.5 Å². The summed E-state index contributed by atoms with van der Waals surface area (Å²) in [6.45, 7) is 3.86. The van der Waals surface area contributed by atoms with Crippen LogP contribution < -0.4 is 0 Å². The molecule has 2 heteroatoms. The Bertz CT molecular complexity index is 242. The standard InChI is InChI=1S/C12H16O2/c1-3-10-5-7-11(8-6-10)9-14-12(13)4-2/h1,4,10-11H,2,5-9H2. The van der Waals surface area contributed by atoms with E-state index in [0.717, 1.165) is 25.7 Å². The molecule has 1 aliphatic carbocycles. The molecule has 2 nitrogen and oxygen atoms in total. The fourth-order valence-corrected chi connectivity index (χ4v) is 1.75. The summed E-state index contributed by atoms with van der Waals surface area (Å²) >= 11 is 0. The van der Waals surface area contributed by atoms with E-state index in [-0.39, 0.29) is 5.97 Å². The van der Waals surface area contributed by atoms with Gasteiger partial charge in [-0.1, -0.05) is 6.58 Å². The van der Waals surface area contributed by atoms with Crippen LogP contribution in [0.5, 0.6) is 0 Å². The van der Waals surface area contributed by atoms with Crippen molar-refractivity contribution in [3.8, 4) is 12.3 Å². The molecule has 0 amide bonds. The van der Waals surface area contributed by atoms with E-state index in [0.29, 0.717) is 18.4 Å². The number of esters is 1. The lowest BCUT2D eigenvalue weighted by Crippen LogP contribution is -2.19. The smallest absolute Gasteiger partial charge is 0.330 e. The first kappa shape index (κ1) is 10.8. The Labute approximate surface area is 85.3 Å². The van der Waals surface area contributed by atoms with Crippen molar-refractivity contribution in [1.82, 2.24) is 0 Å². The number of rotatable bonds is 3. The minimum absolute atomic E-state index is 0.330. The first-order chi connectivity index (χ1) is 6.76. The average Bonchev–Trinajstić information content (AvgIpc) is 2.26. The van der Waals surface area contributed by atoms with Crippen molar-refractivity contribution in [1.29, 1.82) is 0 Å². The first-order valence-corrected chi connectivity index (χ1v) is 5.01. The number of carbonyl (C=O) groups excluding carboxylic acids is 1.